The maximum Gasteiger partial charge on any atom is 0.431 e. The lowest BCUT2D eigenvalue weighted by molar-refractivity contribution is -0.243. The van der Waals surface area contributed by atoms with Crippen LogP contribution in [0.3, 0.4) is 0 Å². The van der Waals surface area contributed by atoms with Crippen LogP contribution in [0.2, 0.25) is 0 Å². The molecule has 0 heterocycles. The maximum absolute atomic E-state index is 11.7. The van der Waals surface area contributed by atoms with E-state index in [0.717, 1.165) is 0 Å². The Balaban J connectivity index is 4.91. The summed E-state index contributed by atoms with van der Waals surface area (Å²) in [7, 11) is 0. The molecule has 0 aromatic heterocycles. The third-order valence-electron chi connectivity index (χ3n) is 1.05. The van der Waals surface area contributed by atoms with E-state index in [1.807, 2.05) is 0 Å². The Hall–Kier alpha value is -1.04. The molecule has 0 rings (SSSR count). The van der Waals surface area contributed by atoms with Crippen molar-refractivity contribution in [3.05, 3.63) is 12.7 Å². The topological polar surface area (TPSA) is 57.5 Å². The van der Waals surface area contributed by atoms with Crippen LogP contribution in [0.25, 0.3) is 0 Å². The van der Waals surface area contributed by atoms with E-state index in [1.165, 1.54) is 0 Å². The molecule has 1 atom stereocenters. The molecule has 0 amide bonds. The summed E-state index contributed by atoms with van der Waals surface area (Å²) in [5, 5.41) is 16.3. The quantitative estimate of drug-likeness (QED) is 0.595. The van der Waals surface area contributed by atoms with Gasteiger partial charge in [0.25, 0.3) is 5.60 Å². The Morgan fingerprint density at radius 1 is 1.45 bits per heavy atom. The van der Waals surface area contributed by atoms with Crippen molar-refractivity contribution >= 4 is 5.97 Å². The van der Waals surface area contributed by atoms with Gasteiger partial charge in [0.05, 0.1) is 0 Å². The van der Waals surface area contributed by atoms with Gasteiger partial charge in [-0.1, -0.05) is 6.58 Å². The second-order valence-electron chi connectivity index (χ2n) is 1.77. The summed E-state index contributed by atoms with van der Waals surface area (Å²) in [6, 6.07) is 0. The average Bonchev–Trinajstić information content (AvgIpc) is 1.83. The molecule has 0 spiro atoms. The summed E-state index contributed by atoms with van der Waals surface area (Å²) in [4.78, 5) is 9.86. The molecule has 0 aliphatic carbocycles. The summed E-state index contributed by atoms with van der Waals surface area (Å²) in [6.07, 6.45) is -5.31. The van der Waals surface area contributed by atoms with Gasteiger partial charge < -0.3 is 10.2 Å². The van der Waals surface area contributed by atoms with E-state index in [2.05, 4.69) is 6.58 Å². The van der Waals surface area contributed by atoms with Crippen molar-refractivity contribution in [3.63, 3.8) is 0 Å². The van der Waals surface area contributed by atoms with Crippen molar-refractivity contribution < 1.29 is 28.2 Å². The molecule has 1 unspecified atom stereocenters. The van der Waals surface area contributed by atoms with Crippen LogP contribution < -0.4 is 0 Å². The minimum atomic E-state index is -5.24. The molecule has 0 aromatic carbocycles. The Morgan fingerprint density at radius 3 is 1.82 bits per heavy atom. The highest BCUT2D eigenvalue weighted by Gasteiger charge is 2.57. The van der Waals surface area contributed by atoms with Gasteiger partial charge in [-0.2, -0.15) is 13.2 Å². The monoisotopic (exact) mass is 170 g/mol. The molecule has 0 aliphatic rings. The lowest BCUT2D eigenvalue weighted by Gasteiger charge is -2.21. The average molecular weight is 170 g/mol. The van der Waals surface area contributed by atoms with Gasteiger partial charge in [-0.25, -0.2) is 4.79 Å². The summed E-state index contributed by atoms with van der Waals surface area (Å²) >= 11 is 0. The van der Waals surface area contributed by atoms with Gasteiger partial charge in [0, 0.05) is 0 Å². The molecule has 64 valence electrons. The van der Waals surface area contributed by atoms with Crippen LogP contribution in [0, 0.1) is 0 Å². The van der Waals surface area contributed by atoms with E-state index in [-0.39, 0.29) is 6.08 Å². The maximum atomic E-state index is 11.7. The predicted molar refractivity (Wildman–Crippen MR) is 28.8 cm³/mol. The Morgan fingerprint density at radius 2 is 1.82 bits per heavy atom. The van der Waals surface area contributed by atoms with Crippen LogP contribution in [0.5, 0.6) is 0 Å². The summed E-state index contributed by atoms with van der Waals surface area (Å²) in [5.74, 6) is -2.39. The first-order chi connectivity index (χ1) is 4.75. The van der Waals surface area contributed by atoms with E-state index < -0.39 is 17.7 Å². The standard InChI is InChI=1S/C5H5F3O3/c1-2-4(11,3(9)10)5(6,7)8/h2,11H,1H2,(H,9,10). The number of carboxylic acids is 1. The molecule has 0 fully saturated rings. The SMILES string of the molecule is C=CC(O)(C(=O)O)C(F)(F)F. The minimum absolute atomic E-state index is 0.0741. The molecule has 0 saturated heterocycles. The molecular formula is C5H5F3O3. The zero-order chi connectivity index (χ0) is 9.28. The van der Waals surface area contributed by atoms with Crippen molar-refractivity contribution in [2.75, 3.05) is 0 Å². The number of hydrogen-bond acceptors (Lipinski definition) is 2. The fourth-order valence-corrected chi connectivity index (χ4v) is 0.324. The lowest BCUT2D eigenvalue weighted by atomic mass is 10.1. The molecule has 0 aliphatic heterocycles. The fourth-order valence-electron chi connectivity index (χ4n) is 0.324. The summed E-state index contributed by atoms with van der Waals surface area (Å²) in [6.45, 7) is 2.57. The molecular weight excluding hydrogens is 165 g/mol. The van der Waals surface area contributed by atoms with Gasteiger partial charge in [-0.15, -0.1) is 0 Å². The first kappa shape index (κ1) is 9.96. The van der Waals surface area contributed by atoms with E-state index in [0.29, 0.717) is 0 Å². The predicted octanol–water partition coefficient (Wildman–Crippen LogP) is 0.550. The largest absolute Gasteiger partial charge is 0.479 e. The zero-order valence-electron chi connectivity index (χ0n) is 5.22. The summed E-state index contributed by atoms with van der Waals surface area (Å²) < 4.78 is 35.0. The van der Waals surface area contributed by atoms with E-state index in [1.54, 1.807) is 0 Å². The van der Waals surface area contributed by atoms with Crippen LogP contribution in [0.1, 0.15) is 0 Å². The van der Waals surface area contributed by atoms with Crippen molar-refractivity contribution in [1.29, 1.82) is 0 Å². The normalized spacial score (nSPS) is 17.1. The highest BCUT2D eigenvalue weighted by atomic mass is 19.4. The van der Waals surface area contributed by atoms with Crippen LogP contribution in [-0.2, 0) is 4.79 Å². The van der Waals surface area contributed by atoms with Gasteiger partial charge in [-0.3, -0.25) is 0 Å². The highest BCUT2D eigenvalue weighted by molar-refractivity contribution is 5.80. The number of hydrogen-bond donors (Lipinski definition) is 2. The first-order valence-electron chi connectivity index (χ1n) is 2.42. The number of aliphatic carboxylic acids is 1. The second-order valence-corrected chi connectivity index (χ2v) is 1.77. The minimum Gasteiger partial charge on any atom is -0.479 e. The zero-order valence-corrected chi connectivity index (χ0v) is 5.22. The van der Waals surface area contributed by atoms with Crippen LogP contribution in [0.15, 0.2) is 12.7 Å². The first-order valence-corrected chi connectivity index (χ1v) is 2.42. The third-order valence-corrected chi connectivity index (χ3v) is 1.05. The number of aliphatic hydroxyl groups is 1. The number of carbonyl (C=O) groups is 1. The smallest absolute Gasteiger partial charge is 0.431 e. The molecule has 3 nitrogen and oxygen atoms in total. The van der Waals surface area contributed by atoms with E-state index >= 15 is 0 Å². The van der Waals surface area contributed by atoms with Crippen molar-refractivity contribution in [1.82, 2.24) is 0 Å². The number of carboxylic acid groups (broad SMARTS) is 1. The van der Waals surface area contributed by atoms with Crippen LogP contribution in [-0.4, -0.2) is 28.0 Å². The van der Waals surface area contributed by atoms with Gasteiger partial charge >= 0.3 is 12.1 Å². The Bertz CT molecular complexity index is 186. The van der Waals surface area contributed by atoms with Crippen LogP contribution >= 0.6 is 0 Å². The fraction of sp³-hybridized carbons (Fsp3) is 0.400. The summed E-state index contributed by atoms with van der Waals surface area (Å²) in [5.41, 5.74) is -3.84. The molecule has 0 bridgehead atoms. The number of halogens is 3. The third kappa shape index (κ3) is 1.51. The number of rotatable bonds is 2. The van der Waals surface area contributed by atoms with Crippen LogP contribution in [0.4, 0.5) is 13.2 Å². The van der Waals surface area contributed by atoms with Gasteiger partial charge in [0.15, 0.2) is 0 Å². The molecule has 2 N–H and O–H groups in total. The van der Waals surface area contributed by atoms with Gasteiger partial charge in [-0.05, 0) is 6.08 Å². The van der Waals surface area contributed by atoms with Gasteiger partial charge in [0.2, 0.25) is 0 Å². The highest BCUT2D eigenvalue weighted by Crippen LogP contribution is 2.31. The lowest BCUT2D eigenvalue weighted by Crippen LogP contribution is -2.50. The van der Waals surface area contributed by atoms with Crippen molar-refractivity contribution in [2.45, 2.75) is 11.8 Å². The number of alkyl halides is 3. The molecule has 0 saturated carbocycles. The van der Waals surface area contributed by atoms with Crippen molar-refractivity contribution in [3.8, 4) is 0 Å². The molecule has 0 aromatic rings. The van der Waals surface area contributed by atoms with Crippen molar-refractivity contribution in [2.24, 2.45) is 0 Å². The van der Waals surface area contributed by atoms with E-state index in [9.17, 15) is 18.0 Å². The van der Waals surface area contributed by atoms with Gasteiger partial charge in [0.1, 0.15) is 0 Å². The molecule has 0 radical (unpaired) electrons. The molecule has 6 heteroatoms. The van der Waals surface area contributed by atoms with E-state index in [4.69, 9.17) is 10.2 Å². The molecule has 11 heavy (non-hydrogen) atoms. The Labute approximate surface area is 59.8 Å². The Kier molecular flexibility index (Phi) is 2.30. The second kappa shape index (κ2) is 2.54.